The third kappa shape index (κ3) is 4.85. The first-order valence-electron chi connectivity index (χ1n) is 6.59. The van der Waals surface area contributed by atoms with Crippen molar-refractivity contribution in [1.82, 2.24) is 10.2 Å². The fourth-order valence-electron chi connectivity index (χ4n) is 2.17. The highest BCUT2D eigenvalue weighted by atomic mass is 79.9. The van der Waals surface area contributed by atoms with E-state index < -0.39 is 6.10 Å². The molecule has 1 aromatic rings. The summed E-state index contributed by atoms with van der Waals surface area (Å²) in [7, 11) is 2.10. The van der Waals surface area contributed by atoms with Crippen LogP contribution in [0.5, 0.6) is 0 Å². The quantitative estimate of drug-likeness (QED) is 0.857. The first-order chi connectivity index (χ1) is 9.15. The summed E-state index contributed by atoms with van der Waals surface area (Å²) in [6, 6.07) is 7.75. The second-order valence-electron chi connectivity index (χ2n) is 4.98. The third-order valence-electron chi connectivity index (χ3n) is 3.31. The lowest BCUT2D eigenvalue weighted by Gasteiger charge is -2.30. The van der Waals surface area contributed by atoms with Crippen LogP contribution in [0.3, 0.4) is 0 Å². The van der Waals surface area contributed by atoms with E-state index >= 15 is 0 Å². The summed E-state index contributed by atoms with van der Waals surface area (Å²) in [5.41, 5.74) is 0.928. The van der Waals surface area contributed by atoms with Gasteiger partial charge in [-0.2, -0.15) is 0 Å². The molecule has 0 aromatic heterocycles. The molecule has 106 valence electrons. The van der Waals surface area contributed by atoms with Gasteiger partial charge in [-0.25, -0.2) is 0 Å². The van der Waals surface area contributed by atoms with E-state index in [1.54, 1.807) is 0 Å². The summed E-state index contributed by atoms with van der Waals surface area (Å²) in [5, 5.41) is 13.3. The molecular weight excluding hydrogens is 308 g/mol. The van der Waals surface area contributed by atoms with Gasteiger partial charge in [0.2, 0.25) is 0 Å². The van der Waals surface area contributed by atoms with Crippen LogP contribution in [0.4, 0.5) is 0 Å². The van der Waals surface area contributed by atoms with Crippen molar-refractivity contribution >= 4 is 15.9 Å². The van der Waals surface area contributed by atoms with Crippen LogP contribution in [0.15, 0.2) is 28.7 Å². The maximum absolute atomic E-state index is 10.1. The normalized spacial score (nSPS) is 22.4. The van der Waals surface area contributed by atoms with Crippen LogP contribution in [-0.4, -0.2) is 55.9 Å². The number of ether oxygens (including phenoxy) is 1. The van der Waals surface area contributed by atoms with Gasteiger partial charge in [0.25, 0.3) is 0 Å². The predicted molar refractivity (Wildman–Crippen MR) is 79.2 cm³/mol. The number of morpholine rings is 1. The average molecular weight is 329 g/mol. The van der Waals surface area contributed by atoms with Crippen molar-refractivity contribution in [2.24, 2.45) is 0 Å². The third-order valence-corrected chi connectivity index (χ3v) is 3.84. The van der Waals surface area contributed by atoms with Gasteiger partial charge in [-0.1, -0.05) is 28.1 Å². The highest BCUT2D eigenvalue weighted by Gasteiger charge is 2.17. The molecule has 5 heteroatoms. The highest BCUT2D eigenvalue weighted by molar-refractivity contribution is 9.10. The van der Waals surface area contributed by atoms with Crippen LogP contribution in [0.1, 0.15) is 11.7 Å². The van der Waals surface area contributed by atoms with Gasteiger partial charge in [-0.15, -0.1) is 0 Å². The van der Waals surface area contributed by atoms with E-state index in [1.807, 2.05) is 24.3 Å². The number of likely N-dealkylation sites (N-methyl/N-ethyl adjacent to an activating group) is 1. The first kappa shape index (κ1) is 14.9. The number of aliphatic hydroxyl groups excluding tert-OH is 1. The Kier molecular flexibility index (Phi) is 5.78. The zero-order chi connectivity index (χ0) is 13.7. The predicted octanol–water partition coefficient (Wildman–Crippen LogP) is 1.40. The molecule has 1 saturated heterocycles. The molecule has 0 unspecified atom stereocenters. The van der Waals surface area contributed by atoms with Gasteiger partial charge in [0.1, 0.15) is 0 Å². The Bertz CT molecular complexity index is 386. The average Bonchev–Trinajstić information content (AvgIpc) is 2.39. The number of hydrogen-bond acceptors (Lipinski definition) is 4. The van der Waals surface area contributed by atoms with Crippen LogP contribution in [-0.2, 0) is 4.74 Å². The standard InChI is InChI=1S/C14H21BrN2O2/c1-17-6-7-19-13(10-17)8-16-9-14(18)11-2-4-12(15)5-3-11/h2-5,13-14,16,18H,6-10H2,1H3/t13-,14+/m0/s1. The van der Waals surface area contributed by atoms with Crippen molar-refractivity contribution in [2.45, 2.75) is 12.2 Å². The Morgan fingerprint density at radius 3 is 2.89 bits per heavy atom. The molecule has 1 fully saturated rings. The summed E-state index contributed by atoms with van der Waals surface area (Å²) in [5.74, 6) is 0. The fraction of sp³-hybridized carbons (Fsp3) is 0.571. The van der Waals surface area contributed by atoms with Crippen molar-refractivity contribution in [3.05, 3.63) is 34.3 Å². The molecule has 1 aromatic carbocycles. The second kappa shape index (κ2) is 7.36. The number of nitrogens with zero attached hydrogens (tertiary/aromatic N) is 1. The molecule has 0 amide bonds. The molecule has 19 heavy (non-hydrogen) atoms. The molecule has 1 heterocycles. The Balaban J connectivity index is 1.71. The number of benzene rings is 1. The lowest BCUT2D eigenvalue weighted by molar-refractivity contribution is -0.0191. The number of aliphatic hydroxyl groups is 1. The molecule has 0 radical (unpaired) electrons. The van der Waals surface area contributed by atoms with E-state index in [0.29, 0.717) is 6.54 Å². The SMILES string of the molecule is CN1CCO[C@@H](CNC[C@@H](O)c2ccc(Br)cc2)C1. The summed E-state index contributed by atoms with van der Waals surface area (Å²) >= 11 is 3.39. The Morgan fingerprint density at radius 1 is 1.47 bits per heavy atom. The van der Waals surface area contributed by atoms with Gasteiger partial charge in [0.05, 0.1) is 18.8 Å². The number of nitrogens with one attached hydrogen (secondary N) is 1. The van der Waals surface area contributed by atoms with E-state index in [-0.39, 0.29) is 6.10 Å². The summed E-state index contributed by atoms with van der Waals surface area (Å²) in [6.45, 7) is 4.06. The number of rotatable bonds is 5. The Hall–Kier alpha value is -0.460. The monoisotopic (exact) mass is 328 g/mol. The summed E-state index contributed by atoms with van der Waals surface area (Å²) in [4.78, 5) is 2.26. The smallest absolute Gasteiger partial charge is 0.0914 e. The van der Waals surface area contributed by atoms with Crippen molar-refractivity contribution in [1.29, 1.82) is 0 Å². The minimum absolute atomic E-state index is 0.218. The van der Waals surface area contributed by atoms with Gasteiger partial charge in [-0.05, 0) is 24.7 Å². The minimum atomic E-state index is -0.477. The summed E-state index contributed by atoms with van der Waals surface area (Å²) < 4.78 is 6.68. The van der Waals surface area contributed by atoms with Gasteiger partial charge in [0, 0.05) is 30.7 Å². The van der Waals surface area contributed by atoms with Crippen molar-refractivity contribution in [2.75, 3.05) is 39.8 Å². The molecule has 0 bridgehead atoms. The van der Waals surface area contributed by atoms with E-state index in [2.05, 4.69) is 33.2 Å². The zero-order valence-electron chi connectivity index (χ0n) is 11.2. The minimum Gasteiger partial charge on any atom is -0.387 e. The van der Waals surface area contributed by atoms with Gasteiger partial charge >= 0.3 is 0 Å². The van der Waals surface area contributed by atoms with Gasteiger partial charge < -0.3 is 20.1 Å². The zero-order valence-corrected chi connectivity index (χ0v) is 12.8. The van der Waals surface area contributed by atoms with E-state index in [0.717, 1.165) is 36.3 Å². The fourth-order valence-corrected chi connectivity index (χ4v) is 2.44. The largest absolute Gasteiger partial charge is 0.387 e. The highest BCUT2D eigenvalue weighted by Crippen LogP contribution is 2.16. The van der Waals surface area contributed by atoms with Crippen LogP contribution in [0.2, 0.25) is 0 Å². The van der Waals surface area contributed by atoms with Crippen molar-refractivity contribution in [3.63, 3.8) is 0 Å². The molecule has 2 rings (SSSR count). The molecule has 1 aliphatic heterocycles. The van der Waals surface area contributed by atoms with Crippen molar-refractivity contribution < 1.29 is 9.84 Å². The topological polar surface area (TPSA) is 44.7 Å². The molecule has 2 atom stereocenters. The summed E-state index contributed by atoms with van der Waals surface area (Å²) in [6.07, 6.45) is -0.259. The van der Waals surface area contributed by atoms with Crippen LogP contribution in [0.25, 0.3) is 0 Å². The Morgan fingerprint density at radius 2 is 2.21 bits per heavy atom. The van der Waals surface area contributed by atoms with E-state index in [1.165, 1.54) is 0 Å². The van der Waals surface area contributed by atoms with Crippen LogP contribution in [0, 0.1) is 0 Å². The molecule has 2 N–H and O–H groups in total. The maximum atomic E-state index is 10.1. The lowest BCUT2D eigenvalue weighted by atomic mass is 10.1. The van der Waals surface area contributed by atoms with Gasteiger partial charge in [0.15, 0.2) is 0 Å². The van der Waals surface area contributed by atoms with E-state index in [9.17, 15) is 5.11 Å². The molecular formula is C14H21BrN2O2. The maximum Gasteiger partial charge on any atom is 0.0914 e. The van der Waals surface area contributed by atoms with Gasteiger partial charge in [-0.3, -0.25) is 0 Å². The molecule has 0 saturated carbocycles. The number of hydrogen-bond donors (Lipinski definition) is 2. The molecule has 4 nitrogen and oxygen atoms in total. The Labute approximate surface area is 122 Å². The van der Waals surface area contributed by atoms with Crippen LogP contribution >= 0.6 is 15.9 Å². The van der Waals surface area contributed by atoms with Crippen LogP contribution < -0.4 is 5.32 Å². The van der Waals surface area contributed by atoms with E-state index in [4.69, 9.17) is 4.74 Å². The van der Waals surface area contributed by atoms with Crippen molar-refractivity contribution in [3.8, 4) is 0 Å². The first-order valence-corrected chi connectivity index (χ1v) is 7.39. The number of halogens is 1. The lowest BCUT2D eigenvalue weighted by Crippen LogP contribution is -2.45. The molecule has 0 aliphatic carbocycles. The second-order valence-corrected chi connectivity index (χ2v) is 5.90. The molecule has 0 spiro atoms. The molecule has 1 aliphatic rings.